The lowest BCUT2D eigenvalue weighted by molar-refractivity contribution is -0.181. The zero-order chi connectivity index (χ0) is 11.1. The first kappa shape index (κ1) is 12.0. The van der Waals surface area contributed by atoms with E-state index in [0.29, 0.717) is 13.1 Å². The lowest BCUT2D eigenvalue weighted by Gasteiger charge is -2.36. The Balaban J connectivity index is 1.84. The van der Waals surface area contributed by atoms with Crippen LogP contribution in [0.5, 0.6) is 0 Å². The first-order chi connectivity index (χ1) is 6.97. The summed E-state index contributed by atoms with van der Waals surface area (Å²) in [5.74, 6) is -0.315. The molecule has 0 aromatic heterocycles. The number of piperidine rings is 1. The highest BCUT2D eigenvalue weighted by Gasteiger charge is 2.46. The molecule has 0 N–H and O–H groups in total. The molecule has 0 aromatic rings. The van der Waals surface area contributed by atoms with Gasteiger partial charge in [-0.3, -0.25) is 0 Å². The quantitative estimate of drug-likeness (QED) is 0.555. The van der Waals surface area contributed by atoms with Gasteiger partial charge in [-0.2, -0.15) is 13.2 Å². The fourth-order valence-electron chi connectivity index (χ4n) is 2.17. The Morgan fingerprint density at radius 2 is 1.87 bits per heavy atom. The van der Waals surface area contributed by atoms with Crippen molar-refractivity contribution in [2.75, 3.05) is 19.6 Å². The summed E-state index contributed by atoms with van der Waals surface area (Å²) in [5, 5.41) is 0. The molecule has 0 bridgehead atoms. The number of rotatable bonds is 2. The molecule has 1 saturated carbocycles. The van der Waals surface area contributed by atoms with Crippen LogP contribution in [-0.4, -0.2) is 34.6 Å². The second-order valence-corrected chi connectivity index (χ2v) is 6.26. The SMILES string of the molecule is FC(F)(F)[C@H]1CCN(CC2CC2)C[C@@H]1I. The predicted molar refractivity (Wildman–Crippen MR) is 61.1 cm³/mol. The average molecular weight is 333 g/mol. The van der Waals surface area contributed by atoms with E-state index in [1.165, 1.54) is 12.8 Å². The van der Waals surface area contributed by atoms with E-state index in [4.69, 9.17) is 0 Å². The topological polar surface area (TPSA) is 3.24 Å². The monoisotopic (exact) mass is 333 g/mol. The Hall–Kier alpha value is 0.480. The molecule has 0 spiro atoms. The number of alkyl halides is 4. The Morgan fingerprint density at radius 1 is 1.20 bits per heavy atom. The van der Waals surface area contributed by atoms with Crippen molar-refractivity contribution in [2.24, 2.45) is 11.8 Å². The van der Waals surface area contributed by atoms with Crippen molar-refractivity contribution in [3.8, 4) is 0 Å². The zero-order valence-electron chi connectivity index (χ0n) is 8.43. The molecule has 0 amide bonds. The normalized spacial score (nSPS) is 34.4. The lowest BCUT2D eigenvalue weighted by Crippen LogP contribution is -2.46. The highest BCUT2D eigenvalue weighted by Crippen LogP contribution is 2.39. The fourth-order valence-corrected chi connectivity index (χ4v) is 3.49. The van der Waals surface area contributed by atoms with Crippen LogP contribution < -0.4 is 0 Å². The zero-order valence-corrected chi connectivity index (χ0v) is 10.6. The minimum Gasteiger partial charge on any atom is -0.302 e. The molecule has 1 aliphatic carbocycles. The van der Waals surface area contributed by atoms with Gasteiger partial charge in [-0.25, -0.2) is 0 Å². The Labute approximate surface area is 102 Å². The third-order valence-electron chi connectivity index (χ3n) is 3.26. The fraction of sp³-hybridized carbons (Fsp3) is 1.00. The van der Waals surface area contributed by atoms with Gasteiger partial charge in [0.05, 0.1) is 5.92 Å². The molecule has 2 aliphatic rings. The summed E-state index contributed by atoms with van der Waals surface area (Å²) in [6.07, 6.45) is -1.18. The predicted octanol–water partition coefficient (Wildman–Crippen LogP) is 3.08. The van der Waals surface area contributed by atoms with Crippen LogP contribution in [0.2, 0.25) is 0 Å². The van der Waals surface area contributed by atoms with E-state index < -0.39 is 12.1 Å². The van der Waals surface area contributed by atoms with Crippen molar-refractivity contribution in [3.63, 3.8) is 0 Å². The van der Waals surface area contributed by atoms with Crippen LogP contribution in [0.3, 0.4) is 0 Å². The molecule has 0 radical (unpaired) electrons. The summed E-state index contributed by atoms with van der Waals surface area (Å²) >= 11 is 1.96. The van der Waals surface area contributed by atoms with Gasteiger partial charge in [-0.05, 0) is 31.7 Å². The molecule has 0 unspecified atom stereocenters. The molecule has 0 aromatic carbocycles. The molecule has 1 aliphatic heterocycles. The van der Waals surface area contributed by atoms with Crippen molar-refractivity contribution in [2.45, 2.75) is 29.4 Å². The number of likely N-dealkylation sites (tertiary alicyclic amines) is 1. The number of halogens is 4. The second-order valence-electron chi connectivity index (χ2n) is 4.66. The largest absolute Gasteiger partial charge is 0.392 e. The Kier molecular flexibility index (Phi) is 3.50. The van der Waals surface area contributed by atoms with Gasteiger partial charge in [0, 0.05) is 17.0 Å². The average Bonchev–Trinajstić information content (AvgIpc) is 2.85. The Bertz CT molecular complexity index is 227. The van der Waals surface area contributed by atoms with Gasteiger partial charge in [0.1, 0.15) is 0 Å². The summed E-state index contributed by atoms with van der Waals surface area (Å²) in [4.78, 5) is 2.21. The molecular weight excluding hydrogens is 318 g/mol. The molecular formula is C10H15F3IN. The summed E-state index contributed by atoms with van der Waals surface area (Å²) in [6, 6.07) is 0. The van der Waals surface area contributed by atoms with Crippen LogP contribution in [0, 0.1) is 11.8 Å². The molecule has 15 heavy (non-hydrogen) atoms. The molecule has 2 fully saturated rings. The van der Waals surface area contributed by atoms with Crippen molar-refractivity contribution in [3.05, 3.63) is 0 Å². The van der Waals surface area contributed by atoms with Crippen molar-refractivity contribution >= 4 is 22.6 Å². The van der Waals surface area contributed by atoms with Gasteiger partial charge in [0.25, 0.3) is 0 Å². The standard InChI is InChI=1S/C10H15F3IN/c11-10(12,13)8-3-4-15(6-9(8)14)5-7-1-2-7/h7-9H,1-6H2/t8-,9-/m0/s1. The maximum atomic E-state index is 12.6. The maximum absolute atomic E-state index is 12.6. The molecule has 1 saturated heterocycles. The van der Waals surface area contributed by atoms with Gasteiger partial charge in [-0.15, -0.1) is 0 Å². The van der Waals surface area contributed by atoms with Crippen LogP contribution in [-0.2, 0) is 0 Å². The van der Waals surface area contributed by atoms with Crippen LogP contribution in [0.25, 0.3) is 0 Å². The van der Waals surface area contributed by atoms with Gasteiger partial charge >= 0.3 is 6.18 Å². The number of hydrogen-bond donors (Lipinski definition) is 0. The van der Waals surface area contributed by atoms with E-state index in [1.807, 2.05) is 22.6 Å². The summed E-state index contributed by atoms with van der Waals surface area (Å²) in [5.41, 5.74) is 0. The molecule has 1 nitrogen and oxygen atoms in total. The van der Waals surface area contributed by atoms with Crippen molar-refractivity contribution in [1.82, 2.24) is 4.90 Å². The second kappa shape index (κ2) is 4.39. The highest BCUT2D eigenvalue weighted by atomic mass is 127. The molecule has 5 heteroatoms. The number of hydrogen-bond acceptors (Lipinski definition) is 1. The van der Waals surface area contributed by atoms with Gasteiger partial charge in [-0.1, -0.05) is 22.6 Å². The van der Waals surface area contributed by atoms with Crippen LogP contribution in [0.15, 0.2) is 0 Å². The van der Waals surface area contributed by atoms with E-state index in [9.17, 15) is 13.2 Å². The molecule has 2 atom stereocenters. The van der Waals surface area contributed by atoms with Crippen LogP contribution in [0.4, 0.5) is 13.2 Å². The smallest absolute Gasteiger partial charge is 0.302 e. The van der Waals surface area contributed by atoms with Crippen molar-refractivity contribution < 1.29 is 13.2 Å². The number of nitrogens with zero attached hydrogens (tertiary/aromatic N) is 1. The van der Waals surface area contributed by atoms with Crippen molar-refractivity contribution in [1.29, 1.82) is 0 Å². The first-order valence-corrected chi connectivity index (χ1v) is 6.64. The van der Waals surface area contributed by atoms with Gasteiger partial charge in [0.2, 0.25) is 0 Å². The van der Waals surface area contributed by atoms with E-state index in [2.05, 4.69) is 4.90 Å². The van der Waals surface area contributed by atoms with E-state index in [0.717, 1.165) is 12.5 Å². The van der Waals surface area contributed by atoms with E-state index in [-0.39, 0.29) is 10.3 Å². The summed E-state index contributed by atoms with van der Waals surface area (Å²) in [7, 11) is 0. The van der Waals surface area contributed by atoms with Crippen LogP contribution in [0.1, 0.15) is 19.3 Å². The summed E-state index contributed by atoms with van der Waals surface area (Å²) in [6.45, 7) is 2.26. The molecule has 1 heterocycles. The highest BCUT2D eigenvalue weighted by molar-refractivity contribution is 14.1. The minimum absolute atomic E-state index is 0.268. The first-order valence-electron chi connectivity index (χ1n) is 5.40. The third kappa shape index (κ3) is 3.22. The minimum atomic E-state index is -4.00. The van der Waals surface area contributed by atoms with Gasteiger partial charge in [0.15, 0.2) is 0 Å². The van der Waals surface area contributed by atoms with E-state index >= 15 is 0 Å². The molecule has 2 rings (SSSR count). The van der Waals surface area contributed by atoms with E-state index in [1.54, 1.807) is 0 Å². The van der Waals surface area contributed by atoms with Gasteiger partial charge < -0.3 is 4.90 Å². The lowest BCUT2D eigenvalue weighted by atomic mass is 9.96. The maximum Gasteiger partial charge on any atom is 0.392 e. The third-order valence-corrected chi connectivity index (χ3v) is 4.52. The van der Waals surface area contributed by atoms with Crippen LogP contribution >= 0.6 is 22.6 Å². The Morgan fingerprint density at radius 3 is 2.33 bits per heavy atom. The molecule has 88 valence electrons. The summed E-state index contributed by atoms with van der Waals surface area (Å²) < 4.78 is 37.4.